The van der Waals surface area contributed by atoms with Gasteiger partial charge in [0, 0.05) is 29.1 Å². The topological polar surface area (TPSA) is 89.4 Å². The van der Waals surface area contributed by atoms with Crippen molar-refractivity contribution in [1.29, 1.82) is 0 Å². The van der Waals surface area contributed by atoms with Crippen LogP contribution in [0.2, 0.25) is 5.02 Å². The minimum absolute atomic E-state index is 0.123. The van der Waals surface area contributed by atoms with Gasteiger partial charge in [-0.05, 0) is 30.7 Å². The van der Waals surface area contributed by atoms with Gasteiger partial charge in [-0.2, -0.15) is 0 Å². The van der Waals surface area contributed by atoms with E-state index < -0.39 is 5.63 Å². The Balaban J connectivity index is 2.18. The molecule has 3 N–H and O–H groups in total. The summed E-state index contributed by atoms with van der Waals surface area (Å²) in [6.07, 6.45) is 0.313. The zero-order valence-corrected chi connectivity index (χ0v) is 12.5. The van der Waals surface area contributed by atoms with Crippen molar-refractivity contribution in [3.05, 3.63) is 62.6 Å². The minimum Gasteiger partial charge on any atom is -0.506 e. The van der Waals surface area contributed by atoms with Gasteiger partial charge in [0.1, 0.15) is 17.2 Å². The Bertz CT molecular complexity index is 935. The van der Waals surface area contributed by atoms with Crippen LogP contribution in [0.1, 0.15) is 16.8 Å². The Morgan fingerprint density at radius 3 is 2.86 bits per heavy atom. The minimum atomic E-state index is -0.462. The molecule has 0 radical (unpaired) electrons. The molecule has 0 unspecified atom stereocenters. The SMILES string of the molecule is Cc1c(Cc2cccc(N)n2)c(=O)oc2cc(O)c(Cl)cc12. The van der Waals surface area contributed by atoms with Gasteiger partial charge in [-0.25, -0.2) is 9.78 Å². The molecule has 0 aliphatic heterocycles. The van der Waals surface area contributed by atoms with Crippen molar-refractivity contribution in [2.75, 3.05) is 5.73 Å². The maximum Gasteiger partial charge on any atom is 0.340 e. The van der Waals surface area contributed by atoms with Gasteiger partial charge in [0.15, 0.2) is 0 Å². The number of phenols is 1. The van der Waals surface area contributed by atoms with Crippen LogP contribution < -0.4 is 11.4 Å². The van der Waals surface area contributed by atoms with Gasteiger partial charge in [-0.15, -0.1) is 0 Å². The van der Waals surface area contributed by atoms with Gasteiger partial charge < -0.3 is 15.3 Å². The van der Waals surface area contributed by atoms with Crippen LogP contribution in [0.15, 0.2) is 39.5 Å². The molecule has 3 rings (SSSR count). The van der Waals surface area contributed by atoms with Crippen LogP contribution in [0.4, 0.5) is 5.82 Å². The van der Waals surface area contributed by atoms with E-state index in [1.807, 2.05) is 6.92 Å². The van der Waals surface area contributed by atoms with Crippen molar-refractivity contribution in [2.45, 2.75) is 13.3 Å². The fourth-order valence-corrected chi connectivity index (χ4v) is 2.54. The summed E-state index contributed by atoms with van der Waals surface area (Å²) in [6.45, 7) is 1.81. The van der Waals surface area contributed by atoms with Crippen LogP contribution in [-0.2, 0) is 6.42 Å². The number of nitrogens with zero attached hydrogens (tertiary/aromatic N) is 1. The lowest BCUT2D eigenvalue weighted by molar-refractivity contribution is 0.473. The molecule has 0 fully saturated rings. The number of aromatic hydroxyl groups is 1. The Labute approximate surface area is 131 Å². The van der Waals surface area contributed by atoms with Crippen LogP contribution in [0, 0.1) is 6.92 Å². The summed E-state index contributed by atoms with van der Waals surface area (Å²) in [5.41, 5.74) is 7.42. The summed E-state index contributed by atoms with van der Waals surface area (Å²) in [5.74, 6) is 0.273. The molecule has 3 aromatic rings. The van der Waals surface area contributed by atoms with Gasteiger partial charge in [-0.1, -0.05) is 17.7 Å². The van der Waals surface area contributed by atoms with Crippen LogP contribution >= 0.6 is 11.6 Å². The molecule has 112 valence electrons. The lowest BCUT2D eigenvalue weighted by Crippen LogP contribution is -2.11. The zero-order chi connectivity index (χ0) is 15.9. The maximum atomic E-state index is 12.2. The molecular formula is C16H13ClN2O3. The van der Waals surface area contributed by atoms with E-state index in [0.717, 1.165) is 5.56 Å². The molecule has 1 aromatic carbocycles. The Morgan fingerprint density at radius 2 is 2.14 bits per heavy atom. The van der Waals surface area contributed by atoms with Crippen molar-refractivity contribution in [3.8, 4) is 5.75 Å². The van der Waals surface area contributed by atoms with Gasteiger partial charge in [0.25, 0.3) is 0 Å². The molecule has 0 bridgehead atoms. The number of benzene rings is 1. The lowest BCUT2D eigenvalue weighted by Gasteiger charge is -2.09. The predicted molar refractivity (Wildman–Crippen MR) is 85.4 cm³/mol. The van der Waals surface area contributed by atoms with E-state index >= 15 is 0 Å². The van der Waals surface area contributed by atoms with Gasteiger partial charge in [0.05, 0.1) is 5.02 Å². The molecule has 0 aliphatic carbocycles. The summed E-state index contributed by atoms with van der Waals surface area (Å²) < 4.78 is 5.28. The molecular weight excluding hydrogens is 304 g/mol. The number of aryl methyl sites for hydroxylation is 1. The number of halogens is 1. The van der Waals surface area contributed by atoms with Gasteiger partial charge in [-0.3, -0.25) is 0 Å². The smallest absolute Gasteiger partial charge is 0.340 e. The number of fused-ring (bicyclic) bond motifs is 1. The van der Waals surface area contributed by atoms with E-state index in [2.05, 4.69) is 4.98 Å². The van der Waals surface area contributed by atoms with E-state index in [1.54, 1.807) is 24.3 Å². The lowest BCUT2D eigenvalue weighted by atomic mass is 10.0. The standard InChI is InChI=1S/C16H13ClN2O3/c1-8-10-6-12(17)13(20)7-14(10)22-16(21)11(8)5-9-3-2-4-15(18)19-9/h2-4,6-7,20H,5H2,1H3,(H2,18,19). The third-order valence-corrected chi connectivity index (χ3v) is 3.84. The number of aromatic nitrogens is 1. The van der Waals surface area contributed by atoms with Crippen LogP contribution in [0.3, 0.4) is 0 Å². The first-order valence-electron chi connectivity index (χ1n) is 6.62. The van der Waals surface area contributed by atoms with Crippen molar-refractivity contribution < 1.29 is 9.52 Å². The molecule has 0 spiro atoms. The summed E-state index contributed by atoms with van der Waals surface area (Å²) >= 11 is 5.93. The molecule has 0 saturated carbocycles. The molecule has 5 nitrogen and oxygen atoms in total. The summed E-state index contributed by atoms with van der Waals surface area (Å²) in [5, 5.41) is 10.5. The van der Waals surface area contributed by atoms with Crippen molar-refractivity contribution in [2.24, 2.45) is 0 Å². The summed E-state index contributed by atoms with van der Waals surface area (Å²) in [4.78, 5) is 16.4. The largest absolute Gasteiger partial charge is 0.506 e. The van der Waals surface area contributed by atoms with E-state index in [9.17, 15) is 9.90 Å². The second kappa shape index (κ2) is 5.35. The van der Waals surface area contributed by atoms with Crippen LogP contribution in [0.5, 0.6) is 5.75 Å². The fourth-order valence-electron chi connectivity index (χ4n) is 2.38. The molecule has 2 aromatic heterocycles. The molecule has 0 atom stereocenters. The molecule has 0 aliphatic rings. The van der Waals surface area contributed by atoms with E-state index in [1.165, 1.54) is 6.07 Å². The first kappa shape index (κ1) is 14.4. The third kappa shape index (κ3) is 2.51. The number of hydrogen-bond donors (Lipinski definition) is 2. The van der Waals surface area contributed by atoms with E-state index in [0.29, 0.717) is 34.5 Å². The molecule has 0 amide bonds. The average Bonchev–Trinajstić information content (AvgIpc) is 2.46. The Hall–Kier alpha value is -2.53. The monoisotopic (exact) mass is 316 g/mol. The highest BCUT2D eigenvalue weighted by Gasteiger charge is 2.14. The van der Waals surface area contributed by atoms with Crippen molar-refractivity contribution >= 4 is 28.4 Å². The summed E-state index contributed by atoms with van der Waals surface area (Å²) in [7, 11) is 0. The second-order valence-corrected chi connectivity index (χ2v) is 5.43. The molecule has 0 saturated heterocycles. The molecule has 6 heteroatoms. The first-order chi connectivity index (χ1) is 10.5. The quantitative estimate of drug-likeness (QED) is 0.709. The van der Waals surface area contributed by atoms with E-state index in [4.69, 9.17) is 21.8 Å². The highest BCUT2D eigenvalue weighted by Crippen LogP contribution is 2.31. The molecule has 2 heterocycles. The number of nitrogens with two attached hydrogens (primary N) is 1. The summed E-state index contributed by atoms with van der Waals surface area (Å²) in [6, 6.07) is 8.19. The normalized spacial score (nSPS) is 11.0. The Morgan fingerprint density at radius 1 is 1.36 bits per heavy atom. The first-order valence-corrected chi connectivity index (χ1v) is 6.99. The Kier molecular flexibility index (Phi) is 3.50. The molecule has 22 heavy (non-hydrogen) atoms. The highest BCUT2D eigenvalue weighted by molar-refractivity contribution is 6.32. The van der Waals surface area contributed by atoms with Gasteiger partial charge >= 0.3 is 5.63 Å². The van der Waals surface area contributed by atoms with Crippen LogP contribution in [-0.4, -0.2) is 10.1 Å². The average molecular weight is 317 g/mol. The maximum absolute atomic E-state index is 12.2. The zero-order valence-electron chi connectivity index (χ0n) is 11.8. The highest BCUT2D eigenvalue weighted by atomic mass is 35.5. The predicted octanol–water partition coefficient (Wildman–Crippen LogP) is 3.03. The third-order valence-electron chi connectivity index (χ3n) is 3.54. The van der Waals surface area contributed by atoms with Crippen LogP contribution in [0.25, 0.3) is 11.0 Å². The van der Waals surface area contributed by atoms with E-state index in [-0.39, 0.29) is 10.8 Å². The number of nitrogen functional groups attached to an aromatic ring is 1. The number of pyridine rings is 1. The fraction of sp³-hybridized carbons (Fsp3) is 0.125. The number of hydrogen-bond acceptors (Lipinski definition) is 5. The van der Waals surface area contributed by atoms with Crippen molar-refractivity contribution in [1.82, 2.24) is 4.98 Å². The van der Waals surface area contributed by atoms with Gasteiger partial charge in [0.2, 0.25) is 0 Å². The number of phenolic OH excluding ortho intramolecular Hbond substituents is 1. The van der Waals surface area contributed by atoms with Crippen molar-refractivity contribution in [3.63, 3.8) is 0 Å². The second-order valence-electron chi connectivity index (χ2n) is 5.02. The number of anilines is 1. The number of rotatable bonds is 2.